The first-order valence-electron chi connectivity index (χ1n) is 5.42. The Labute approximate surface area is 98.3 Å². The van der Waals surface area contributed by atoms with Gasteiger partial charge in [0, 0.05) is 18.2 Å². The van der Waals surface area contributed by atoms with E-state index < -0.39 is 24.8 Å². The van der Waals surface area contributed by atoms with E-state index >= 15 is 0 Å². The molecule has 17 heavy (non-hydrogen) atoms. The predicted octanol–water partition coefficient (Wildman–Crippen LogP) is -1.93. The highest BCUT2D eigenvalue weighted by Crippen LogP contribution is 2.25. The minimum Gasteiger partial charge on any atom is -0.394 e. The molecule has 0 aromatic rings. The smallest absolute Gasteiger partial charge is 0.251 e. The summed E-state index contributed by atoms with van der Waals surface area (Å²) in [4.78, 5) is 12.7. The number of hydrogen-bond acceptors (Lipinski definition) is 6. The van der Waals surface area contributed by atoms with E-state index in [1.165, 1.54) is 11.1 Å². The van der Waals surface area contributed by atoms with Crippen LogP contribution in [-0.2, 0) is 9.53 Å². The van der Waals surface area contributed by atoms with Gasteiger partial charge in [-0.05, 0) is 6.92 Å². The van der Waals surface area contributed by atoms with Gasteiger partial charge in [-0.3, -0.25) is 4.79 Å². The van der Waals surface area contributed by atoms with Gasteiger partial charge in [0.25, 0.3) is 5.91 Å². The van der Waals surface area contributed by atoms with Crippen LogP contribution in [0.15, 0.2) is 11.8 Å². The Bertz CT molecular complexity index is 346. The molecule has 0 aromatic carbocycles. The summed E-state index contributed by atoms with van der Waals surface area (Å²) < 4.78 is 5.39. The fraction of sp³-hybridized carbons (Fsp3) is 0.700. The molecule has 4 unspecified atom stereocenters. The lowest BCUT2D eigenvalue weighted by Gasteiger charge is -2.35. The number of nitrogens with zero attached hydrogens (tertiary/aromatic N) is 1. The van der Waals surface area contributed by atoms with E-state index in [2.05, 4.69) is 5.32 Å². The van der Waals surface area contributed by atoms with E-state index in [1.54, 1.807) is 6.92 Å². The third kappa shape index (κ3) is 2.27. The van der Waals surface area contributed by atoms with Gasteiger partial charge in [-0.1, -0.05) is 0 Å². The normalized spacial score (nSPS) is 38.0. The molecule has 2 heterocycles. The largest absolute Gasteiger partial charge is 0.394 e. The third-order valence-electron chi connectivity index (χ3n) is 2.96. The highest BCUT2D eigenvalue weighted by molar-refractivity contribution is 5.93. The Balaban J connectivity index is 2.10. The zero-order chi connectivity index (χ0) is 12.6. The summed E-state index contributed by atoms with van der Waals surface area (Å²) in [6.45, 7) is 1.33. The van der Waals surface area contributed by atoms with E-state index in [0.717, 1.165) is 0 Å². The van der Waals surface area contributed by atoms with Crippen molar-refractivity contribution in [1.29, 1.82) is 0 Å². The van der Waals surface area contributed by atoms with Gasteiger partial charge < -0.3 is 30.3 Å². The van der Waals surface area contributed by atoms with Gasteiger partial charge in [-0.15, -0.1) is 0 Å². The number of carbonyl (C=O) groups excluding carboxylic acids is 1. The predicted molar refractivity (Wildman–Crippen MR) is 56.1 cm³/mol. The standard InChI is InChI=1S/C10H16N2O5/c1-5-3-12(10(16)11-9(5)15)8-2-6(14)7(4-13)17-8/h3,6-8,10,13-14,16H,2,4H2,1H3,(H,11,15). The summed E-state index contributed by atoms with van der Waals surface area (Å²) in [5.41, 5.74) is 0.445. The summed E-state index contributed by atoms with van der Waals surface area (Å²) in [6.07, 6.45) is -1.42. The van der Waals surface area contributed by atoms with Crippen molar-refractivity contribution in [2.24, 2.45) is 0 Å². The summed E-state index contributed by atoms with van der Waals surface area (Å²) in [7, 11) is 0. The maximum atomic E-state index is 11.3. The topological polar surface area (TPSA) is 102 Å². The Kier molecular flexibility index (Phi) is 3.34. The van der Waals surface area contributed by atoms with Crippen molar-refractivity contribution in [1.82, 2.24) is 10.2 Å². The molecule has 2 aliphatic rings. The monoisotopic (exact) mass is 244 g/mol. The minimum atomic E-state index is -1.18. The number of carbonyl (C=O) groups is 1. The van der Waals surface area contributed by atoms with Crippen LogP contribution in [0.4, 0.5) is 0 Å². The zero-order valence-electron chi connectivity index (χ0n) is 9.41. The van der Waals surface area contributed by atoms with E-state index in [-0.39, 0.29) is 18.9 Å². The molecule has 0 aromatic heterocycles. The van der Waals surface area contributed by atoms with E-state index in [4.69, 9.17) is 9.84 Å². The van der Waals surface area contributed by atoms with Crippen LogP contribution in [0.1, 0.15) is 13.3 Å². The van der Waals surface area contributed by atoms with Crippen LogP contribution in [0, 0.1) is 0 Å². The van der Waals surface area contributed by atoms with Gasteiger partial charge in [0.2, 0.25) is 6.35 Å². The van der Waals surface area contributed by atoms with Crippen molar-refractivity contribution >= 4 is 5.91 Å². The average molecular weight is 244 g/mol. The number of ether oxygens (including phenoxy) is 1. The molecule has 96 valence electrons. The molecule has 1 fully saturated rings. The minimum absolute atomic E-state index is 0.266. The van der Waals surface area contributed by atoms with Crippen molar-refractivity contribution in [2.75, 3.05) is 6.61 Å². The molecule has 4 atom stereocenters. The Morgan fingerprint density at radius 1 is 1.59 bits per heavy atom. The SMILES string of the molecule is CC1=CN(C2CC(O)C(CO)O2)C(O)NC1=O. The second-order valence-corrected chi connectivity index (χ2v) is 4.22. The maximum absolute atomic E-state index is 11.3. The first-order chi connectivity index (χ1) is 8.02. The van der Waals surface area contributed by atoms with Crippen molar-refractivity contribution < 1.29 is 24.9 Å². The lowest BCUT2D eigenvalue weighted by atomic mass is 10.2. The van der Waals surface area contributed by atoms with Gasteiger partial charge in [0.05, 0.1) is 12.7 Å². The Hall–Kier alpha value is -1.15. The number of nitrogens with one attached hydrogen (secondary N) is 1. The van der Waals surface area contributed by atoms with Crippen molar-refractivity contribution in [3.05, 3.63) is 11.8 Å². The molecule has 1 saturated heterocycles. The second-order valence-electron chi connectivity index (χ2n) is 4.22. The molecule has 2 aliphatic heterocycles. The lowest BCUT2D eigenvalue weighted by Crippen LogP contribution is -2.53. The number of hydrogen-bond donors (Lipinski definition) is 4. The Morgan fingerprint density at radius 2 is 2.29 bits per heavy atom. The first-order valence-corrected chi connectivity index (χ1v) is 5.42. The van der Waals surface area contributed by atoms with Crippen LogP contribution >= 0.6 is 0 Å². The Morgan fingerprint density at radius 3 is 2.88 bits per heavy atom. The molecule has 0 bridgehead atoms. The molecule has 0 aliphatic carbocycles. The van der Waals surface area contributed by atoms with Gasteiger partial charge in [0.15, 0.2) is 0 Å². The van der Waals surface area contributed by atoms with Gasteiger partial charge in [-0.25, -0.2) is 0 Å². The highest BCUT2D eigenvalue weighted by atomic mass is 16.5. The van der Waals surface area contributed by atoms with E-state index in [9.17, 15) is 15.0 Å². The van der Waals surface area contributed by atoms with E-state index in [0.29, 0.717) is 5.57 Å². The van der Waals surface area contributed by atoms with E-state index in [1.807, 2.05) is 0 Å². The summed E-state index contributed by atoms with van der Waals surface area (Å²) in [5.74, 6) is -0.342. The van der Waals surface area contributed by atoms with Crippen LogP contribution in [0.25, 0.3) is 0 Å². The molecule has 0 spiro atoms. The third-order valence-corrected chi connectivity index (χ3v) is 2.96. The average Bonchev–Trinajstić information content (AvgIpc) is 2.65. The first kappa shape index (κ1) is 12.3. The summed E-state index contributed by atoms with van der Waals surface area (Å²) in [5, 5.41) is 30.6. The molecule has 7 heteroatoms. The van der Waals surface area contributed by atoms with Crippen LogP contribution in [0.3, 0.4) is 0 Å². The number of rotatable bonds is 2. The van der Waals surface area contributed by atoms with Gasteiger partial charge in [0.1, 0.15) is 12.3 Å². The fourth-order valence-corrected chi connectivity index (χ4v) is 1.96. The number of aliphatic hydroxyl groups is 3. The van der Waals surface area contributed by atoms with Crippen molar-refractivity contribution in [2.45, 2.75) is 38.1 Å². The van der Waals surface area contributed by atoms with Gasteiger partial charge in [-0.2, -0.15) is 0 Å². The molecular weight excluding hydrogens is 228 g/mol. The lowest BCUT2D eigenvalue weighted by molar-refractivity contribution is -0.143. The molecule has 1 amide bonds. The highest BCUT2D eigenvalue weighted by Gasteiger charge is 2.39. The maximum Gasteiger partial charge on any atom is 0.251 e. The second kappa shape index (κ2) is 4.61. The van der Waals surface area contributed by atoms with Crippen LogP contribution in [0.2, 0.25) is 0 Å². The number of aliphatic hydroxyl groups excluding tert-OH is 3. The quantitative estimate of drug-likeness (QED) is 0.451. The van der Waals surface area contributed by atoms with Crippen LogP contribution in [-0.4, -0.2) is 57.5 Å². The molecular formula is C10H16N2O5. The van der Waals surface area contributed by atoms with Crippen molar-refractivity contribution in [3.8, 4) is 0 Å². The number of amides is 1. The molecule has 7 nitrogen and oxygen atoms in total. The summed E-state index contributed by atoms with van der Waals surface area (Å²) >= 11 is 0. The summed E-state index contributed by atoms with van der Waals surface area (Å²) in [6, 6.07) is 0. The van der Waals surface area contributed by atoms with Crippen LogP contribution in [0.5, 0.6) is 0 Å². The van der Waals surface area contributed by atoms with Gasteiger partial charge >= 0.3 is 0 Å². The molecule has 2 rings (SSSR count). The van der Waals surface area contributed by atoms with Crippen molar-refractivity contribution in [3.63, 3.8) is 0 Å². The zero-order valence-corrected chi connectivity index (χ0v) is 9.41. The van der Waals surface area contributed by atoms with Crippen LogP contribution < -0.4 is 5.32 Å². The fourth-order valence-electron chi connectivity index (χ4n) is 1.96. The molecule has 4 N–H and O–H groups in total. The molecule has 0 radical (unpaired) electrons. The molecule has 0 saturated carbocycles.